The van der Waals surface area contributed by atoms with Gasteiger partial charge >= 0.3 is 0 Å². The summed E-state index contributed by atoms with van der Waals surface area (Å²) < 4.78 is 5.21. The van der Waals surface area contributed by atoms with Crippen molar-refractivity contribution in [3.05, 3.63) is 59.5 Å². The van der Waals surface area contributed by atoms with Crippen molar-refractivity contribution in [2.75, 3.05) is 0 Å². The van der Waals surface area contributed by atoms with Crippen molar-refractivity contribution < 1.29 is 14.4 Å². The van der Waals surface area contributed by atoms with Crippen LogP contribution in [0.3, 0.4) is 0 Å². The van der Waals surface area contributed by atoms with E-state index in [1.807, 2.05) is 30.3 Å². The van der Waals surface area contributed by atoms with Crippen LogP contribution in [-0.2, 0) is 18.1 Å². The third-order valence-corrected chi connectivity index (χ3v) is 2.17. The van der Waals surface area contributed by atoms with Crippen molar-refractivity contribution in [1.29, 1.82) is 0 Å². The Hall–Kier alpha value is -2.07. The van der Waals surface area contributed by atoms with E-state index in [2.05, 4.69) is 5.16 Å². The van der Waals surface area contributed by atoms with Gasteiger partial charge < -0.3 is 14.4 Å². The Morgan fingerprint density at radius 2 is 2.00 bits per heavy atom. The van der Waals surface area contributed by atoms with Crippen LogP contribution in [0.4, 0.5) is 0 Å². The Morgan fingerprint density at radius 1 is 1.18 bits per heavy atom. The molecule has 88 valence electrons. The molecule has 4 nitrogen and oxygen atoms in total. The van der Waals surface area contributed by atoms with E-state index in [0.717, 1.165) is 5.56 Å². The number of aliphatic hydroxyl groups is 1. The summed E-state index contributed by atoms with van der Waals surface area (Å²) in [4.78, 5) is 5.11. The molecule has 0 aliphatic rings. The van der Waals surface area contributed by atoms with Crippen LogP contribution in [0, 0.1) is 0 Å². The number of nitrogens with zero attached hydrogens (tertiary/aromatic N) is 1. The largest absolute Gasteiger partial charge is 0.458 e. The van der Waals surface area contributed by atoms with Gasteiger partial charge in [0.2, 0.25) is 0 Å². The van der Waals surface area contributed by atoms with E-state index < -0.39 is 0 Å². The lowest BCUT2D eigenvalue weighted by molar-refractivity contribution is 0.131. The topological polar surface area (TPSA) is 55.0 Å². The number of furan rings is 1. The lowest BCUT2D eigenvalue weighted by atomic mass is 10.2. The number of hydrogen-bond donors (Lipinski definition) is 1. The Morgan fingerprint density at radius 3 is 2.71 bits per heavy atom. The van der Waals surface area contributed by atoms with Gasteiger partial charge in [0.05, 0.1) is 0 Å². The molecule has 4 heteroatoms. The molecule has 0 atom stereocenters. The molecule has 0 spiro atoms. The summed E-state index contributed by atoms with van der Waals surface area (Å²) >= 11 is 0. The Labute approximate surface area is 99.1 Å². The van der Waals surface area contributed by atoms with Gasteiger partial charge in [0.1, 0.15) is 30.9 Å². The van der Waals surface area contributed by atoms with Crippen molar-refractivity contribution in [3.63, 3.8) is 0 Å². The average Bonchev–Trinajstić information content (AvgIpc) is 2.84. The molecule has 1 aromatic carbocycles. The summed E-state index contributed by atoms with van der Waals surface area (Å²) in [6, 6.07) is 13.2. The number of rotatable bonds is 5. The molecule has 1 aromatic heterocycles. The highest BCUT2D eigenvalue weighted by Gasteiger charge is 1.97. The molecule has 0 aliphatic carbocycles. The Balaban J connectivity index is 1.82. The van der Waals surface area contributed by atoms with Gasteiger partial charge in [-0.05, 0) is 17.7 Å². The molecule has 0 fully saturated rings. The fraction of sp³-hybridized carbons (Fsp3) is 0.154. The van der Waals surface area contributed by atoms with Crippen LogP contribution in [-0.4, -0.2) is 11.3 Å². The maximum atomic E-state index is 8.80. The normalized spacial score (nSPS) is 10.9. The smallest absolute Gasteiger partial charge is 0.148 e. The second-order valence-electron chi connectivity index (χ2n) is 3.46. The summed E-state index contributed by atoms with van der Waals surface area (Å²) in [5, 5.41) is 12.6. The molecule has 0 aliphatic heterocycles. The molecule has 1 N–H and O–H groups in total. The highest BCUT2D eigenvalue weighted by Crippen LogP contribution is 2.05. The first-order valence-electron chi connectivity index (χ1n) is 5.27. The Kier molecular flexibility index (Phi) is 3.94. The first-order valence-corrected chi connectivity index (χ1v) is 5.27. The van der Waals surface area contributed by atoms with E-state index in [4.69, 9.17) is 14.4 Å². The van der Waals surface area contributed by atoms with Gasteiger partial charge in [0.25, 0.3) is 0 Å². The van der Waals surface area contributed by atoms with Crippen LogP contribution >= 0.6 is 0 Å². The molecule has 0 saturated carbocycles. The highest BCUT2D eigenvalue weighted by molar-refractivity contribution is 5.75. The predicted octanol–water partition coefficient (Wildman–Crippen LogP) is 2.32. The third-order valence-electron chi connectivity index (χ3n) is 2.17. The SMILES string of the molecule is OCc1ccc(/C=N/OCc2ccccc2)o1. The van der Waals surface area contributed by atoms with Gasteiger partial charge in [-0.15, -0.1) is 0 Å². The zero-order valence-electron chi connectivity index (χ0n) is 9.24. The van der Waals surface area contributed by atoms with Gasteiger partial charge in [-0.2, -0.15) is 0 Å². The molecule has 0 bridgehead atoms. The number of benzene rings is 1. The van der Waals surface area contributed by atoms with E-state index in [-0.39, 0.29) is 6.61 Å². The van der Waals surface area contributed by atoms with Crippen molar-refractivity contribution in [2.45, 2.75) is 13.2 Å². The maximum absolute atomic E-state index is 8.80. The summed E-state index contributed by atoms with van der Waals surface area (Å²) in [7, 11) is 0. The summed E-state index contributed by atoms with van der Waals surface area (Å²) in [6.45, 7) is 0.309. The molecule has 1 heterocycles. The van der Waals surface area contributed by atoms with Gasteiger partial charge in [0, 0.05) is 0 Å². The summed E-state index contributed by atoms with van der Waals surface area (Å²) in [5.41, 5.74) is 1.06. The van der Waals surface area contributed by atoms with E-state index in [9.17, 15) is 0 Å². The average molecular weight is 231 g/mol. The third kappa shape index (κ3) is 3.46. The second-order valence-corrected chi connectivity index (χ2v) is 3.46. The molecule has 0 saturated heterocycles. The molecular formula is C13H13NO3. The van der Waals surface area contributed by atoms with Crippen molar-refractivity contribution in [2.24, 2.45) is 5.16 Å². The zero-order chi connectivity index (χ0) is 11.9. The zero-order valence-corrected chi connectivity index (χ0v) is 9.24. The van der Waals surface area contributed by atoms with Crippen molar-refractivity contribution >= 4 is 6.21 Å². The first-order chi connectivity index (χ1) is 8.38. The monoisotopic (exact) mass is 231 g/mol. The molecule has 2 rings (SSSR count). The molecule has 17 heavy (non-hydrogen) atoms. The van der Waals surface area contributed by atoms with E-state index >= 15 is 0 Å². The van der Waals surface area contributed by atoms with Crippen LogP contribution in [0.15, 0.2) is 52.0 Å². The summed E-state index contributed by atoms with van der Waals surface area (Å²) in [5.74, 6) is 1.07. The fourth-order valence-corrected chi connectivity index (χ4v) is 1.32. The maximum Gasteiger partial charge on any atom is 0.148 e. The van der Waals surface area contributed by atoms with Crippen molar-refractivity contribution in [1.82, 2.24) is 0 Å². The minimum absolute atomic E-state index is 0.112. The van der Waals surface area contributed by atoms with Crippen LogP contribution in [0.2, 0.25) is 0 Å². The number of oxime groups is 1. The molecule has 0 amide bonds. The predicted molar refractivity (Wildman–Crippen MR) is 63.5 cm³/mol. The minimum Gasteiger partial charge on any atom is -0.458 e. The van der Waals surface area contributed by atoms with Gasteiger partial charge in [-0.25, -0.2) is 0 Å². The number of hydrogen-bond acceptors (Lipinski definition) is 4. The van der Waals surface area contributed by atoms with E-state index in [1.165, 1.54) is 6.21 Å². The van der Waals surface area contributed by atoms with E-state index in [0.29, 0.717) is 18.1 Å². The van der Waals surface area contributed by atoms with Gasteiger partial charge in [-0.1, -0.05) is 35.5 Å². The molecule has 0 radical (unpaired) electrons. The Bertz CT molecular complexity index is 476. The summed E-state index contributed by atoms with van der Waals surface area (Å²) in [6.07, 6.45) is 1.47. The fourth-order valence-electron chi connectivity index (χ4n) is 1.32. The molecular weight excluding hydrogens is 218 g/mol. The lowest BCUT2D eigenvalue weighted by Gasteiger charge is -1.97. The number of aliphatic hydroxyl groups excluding tert-OH is 1. The molecule has 2 aromatic rings. The van der Waals surface area contributed by atoms with Crippen LogP contribution in [0.5, 0.6) is 0 Å². The van der Waals surface area contributed by atoms with E-state index in [1.54, 1.807) is 12.1 Å². The van der Waals surface area contributed by atoms with Crippen LogP contribution < -0.4 is 0 Å². The standard InChI is InChI=1S/C13H13NO3/c15-9-13-7-6-12(17-13)8-14-16-10-11-4-2-1-3-5-11/h1-8,15H,9-10H2/b14-8+. The molecule has 0 unspecified atom stereocenters. The highest BCUT2D eigenvalue weighted by atomic mass is 16.6. The van der Waals surface area contributed by atoms with Crippen LogP contribution in [0.1, 0.15) is 17.1 Å². The van der Waals surface area contributed by atoms with Crippen molar-refractivity contribution in [3.8, 4) is 0 Å². The second kappa shape index (κ2) is 5.86. The first kappa shape index (κ1) is 11.4. The minimum atomic E-state index is -0.112. The lowest BCUT2D eigenvalue weighted by Crippen LogP contribution is -1.86. The van der Waals surface area contributed by atoms with Gasteiger partial charge in [0.15, 0.2) is 0 Å². The van der Waals surface area contributed by atoms with Gasteiger partial charge in [-0.3, -0.25) is 0 Å². The quantitative estimate of drug-likeness (QED) is 0.634. The van der Waals surface area contributed by atoms with Crippen LogP contribution in [0.25, 0.3) is 0 Å².